The molecule has 0 bridgehead atoms. The van der Waals surface area contributed by atoms with Crippen LogP contribution in [0.1, 0.15) is 12.8 Å². The summed E-state index contributed by atoms with van der Waals surface area (Å²) in [6, 6.07) is 0. The van der Waals surface area contributed by atoms with Gasteiger partial charge in [0.05, 0.1) is 0 Å². The van der Waals surface area contributed by atoms with E-state index in [-0.39, 0.29) is 45.6 Å². The molecule has 0 atom stereocenters. The van der Waals surface area contributed by atoms with E-state index in [0.29, 0.717) is 0 Å². The third-order valence-corrected chi connectivity index (χ3v) is 1.27. The van der Waals surface area contributed by atoms with Crippen molar-refractivity contribution in [3.8, 4) is 0 Å². The zero-order valence-corrected chi connectivity index (χ0v) is 10.3. The Hall–Kier alpha value is -0.384. The van der Waals surface area contributed by atoms with Crippen molar-refractivity contribution >= 4 is 41.0 Å². The van der Waals surface area contributed by atoms with Crippen LogP contribution in [0.2, 0.25) is 0 Å². The van der Waals surface area contributed by atoms with Gasteiger partial charge in [-0.2, -0.15) is 0 Å². The van der Waals surface area contributed by atoms with E-state index in [1.54, 1.807) is 0 Å². The number of rotatable bonds is 5. The van der Waals surface area contributed by atoms with Crippen molar-refractivity contribution in [3.05, 3.63) is 0 Å². The molecule has 0 aromatic carbocycles. The van der Waals surface area contributed by atoms with Gasteiger partial charge in [-0.15, -0.1) is 0 Å². The number of carboxylic acid groups (broad SMARTS) is 3. The van der Waals surface area contributed by atoms with E-state index in [9.17, 15) is 24.6 Å². The Kier molecular flexibility index (Phi) is 15.2. The molecule has 0 spiro atoms. The molecule has 10 heteroatoms. The average molecular weight is 286 g/mol. The summed E-state index contributed by atoms with van der Waals surface area (Å²) in [5.41, 5.74) is -2.86. The number of aliphatic carboxylic acids is 3. The van der Waals surface area contributed by atoms with Crippen LogP contribution in [0.3, 0.4) is 0 Å². The molecular weight excluding hydrogens is 280 g/mol. The summed E-state index contributed by atoms with van der Waals surface area (Å²) in [6.07, 6.45) is -2.59. The molecule has 0 saturated carbocycles. The van der Waals surface area contributed by atoms with Crippen molar-refractivity contribution < 1.29 is 57.4 Å². The second-order valence-corrected chi connectivity index (χ2v) is 2.43. The van der Waals surface area contributed by atoms with Gasteiger partial charge >= 0.3 is 46.1 Å². The van der Waals surface area contributed by atoms with E-state index in [1.807, 2.05) is 0 Å². The molecule has 0 rings (SSSR count). The van der Waals surface area contributed by atoms with Gasteiger partial charge < -0.3 is 35.5 Å². The van der Waals surface area contributed by atoms with Gasteiger partial charge in [0.1, 0.15) is 0 Å². The third-order valence-electron chi connectivity index (χ3n) is 1.27. The number of aliphatic hydroxyl groups is 1. The minimum absolute atomic E-state index is 0. The van der Waals surface area contributed by atoms with Crippen LogP contribution in [0.25, 0.3) is 0 Å². The van der Waals surface area contributed by atoms with Crippen molar-refractivity contribution in [1.29, 1.82) is 0 Å². The predicted molar refractivity (Wildman–Crippen MR) is 38.3 cm³/mol. The molecule has 0 saturated heterocycles. The fraction of sp³-hybridized carbons (Fsp3) is 0.500. The number of carbonyl (C=O) groups is 3. The molecule has 2 N–H and O–H groups in total. The van der Waals surface area contributed by atoms with Gasteiger partial charge in [0.2, 0.25) is 0 Å². The minimum atomic E-state index is -2.86. The van der Waals surface area contributed by atoms with Gasteiger partial charge in [-0.05, 0) is 0 Å². The molecular formula is C6H6FeMgO8. The zero-order chi connectivity index (χ0) is 10.6. The Balaban J connectivity index is -0.000000240. The first-order valence-corrected chi connectivity index (χ1v) is 3.13. The third kappa shape index (κ3) is 8.89. The summed E-state index contributed by atoms with van der Waals surface area (Å²) in [5, 5.41) is 37.2. The van der Waals surface area contributed by atoms with Gasteiger partial charge in [-0.3, -0.25) is 0 Å². The Morgan fingerprint density at radius 3 is 1.44 bits per heavy atom. The molecule has 0 radical (unpaired) electrons. The van der Waals surface area contributed by atoms with E-state index >= 15 is 0 Å². The van der Waals surface area contributed by atoms with Gasteiger partial charge in [0.15, 0.2) is 5.60 Å². The monoisotopic (exact) mass is 286 g/mol. The van der Waals surface area contributed by atoms with Gasteiger partial charge in [0.25, 0.3) is 0 Å². The van der Waals surface area contributed by atoms with Gasteiger partial charge in [-0.1, -0.05) is 0 Å². The largest absolute Gasteiger partial charge is 2.00 e. The minimum Gasteiger partial charge on any atom is -2.00 e. The summed E-state index contributed by atoms with van der Waals surface area (Å²) >= 11 is 0. The van der Waals surface area contributed by atoms with Crippen LogP contribution in [0.4, 0.5) is 0 Å². The molecule has 0 heterocycles. The summed E-state index contributed by atoms with van der Waals surface area (Å²) in [6.45, 7) is 0. The quantitative estimate of drug-likeness (QED) is 0.481. The molecule has 0 aromatic rings. The molecule has 0 aromatic heterocycles. The fourth-order valence-electron chi connectivity index (χ4n) is 0.691. The van der Waals surface area contributed by atoms with Gasteiger partial charge in [0, 0.05) is 24.8 Å². The predicted octanol–water partition coefficient (Wildman–Crippen LogP) is -4.42. The molecule has 0 unspecified atom stereocenters. The van der Waals surface area contributed by atoms with Crippen LogP contribution in [0.5, 0.6) is 0 Å². The van der Waals surface area contributed by atoms with Crippen molar-refractivity contribution in [2.45, 2.75) is 18.4 Å². The number of hydrogen-bond donors (Lipinski definition) is 2. The van der Waals surface area contributed by atoms with Crippen LogP contribution >= 0.6 is 0 Å². The summed E-state index contributed by atoms with van der Waals surface area (Å²) in [7, 11) is 0. The summed E-state index contributed by atoms with van der Waals surface area (Å²) in [4.78, 5) is 30.2. The molecule has 0 fully saturated rings. The van der Waals surface area contributed by atoms with Crippen LogP contribution in [0.15, 0.2) is 0 Å². The van der Waals surface area contributed by atoms with E-state index < -0.39 is 36.4 Å². The Morgan fingerprint density at radius 2 is 1.31 bits per heavy atom. The van der Waals surface area contributed by atoms with E-state index in [0.717, 1.165) is 0 Å². The number of hydrogen-bond acceptors (Lipinski definition) is 6. The Morgan fingerprint density at radius 1 is 1.06 bits per heavy atom. The molecule has 0 aliphatic heterocycles. The van der Waals surface area contributed by atoms with Crippen molar-refractivity contribution in [1.82, 2.24) is 0 Å². The second-order valence-electron chi connectivity index (χ2n) is 2.43. The molecule has 0 aliphatic rings. The van der Waals surface area contributed by atoms with Gasteiger partial charge in [-0.25, -0.2) is 4.79 Å². The van der Waals surface area contributed by atoms with Crippen LogP contribution in [-0.2, 0) is 36.9 Å². The molecule has 88 valence electrons. The molecule has 0 amide bonds. The molecule has 0 aliphatic carbocycles. The first-order chi connectivity index (χ1) is 5.78. The molecule has 16 heavy (non-hydrogen) atoms. The first kappa shape index (κ1) is 24.7. The van der Waals surface area contributed by atoms with Crippen molar-refractivity contribution in [3.63, 3.8) is 0 Å². The number of carboxylic acids is 3. The maximum Gasteiger partial charge on any atom is 2.00 e. The summed E-state index contributed by atoms with van der Waals surface area (Å²) < 4.78 is 0. The van der Waals surface area contributed by atoms with Crippen molar-refractivity contribution in [2.24, 2.45) is 0 Å². The Labute approximate surface area is 117 Å². The molecule has 8 nitrogen and oxygen atoms in total. The topological polar surface area (TPSA) is 166 Å². The smallest absolute Gasteiger partial charge is 2.00 e. The average Bonchev–Trinajstić information content (AvgIpc) is 1.82. The van der Waals surface area contributed by atoms with Crippen LogP contribution in [0, 0.1) is 0 Å². The maximum atomic E-state index is 10.3. The van der Waals surface area contributed by atoms with Crippen LogP contribution < -0.4 is 10.2 Å². The Bertz CT molecular complexity index is 239. The zero-order valence-electron chi connectivity index (χ0n) is 7.82. The first-order valence-electron chi connectivity index (χ1n) is 3.13. The van der Waals surface area contributed by atoms with E-state index in [2.05, 4.69) is 0 Å². The normalized spacial score (nSPS) is 8.81. The van der Waals surface area contributed by atoms with E-state index in [4.69, 9.17) is 10.2 Å². The summed E-state index contributed by atoms with van der Waals surface area (Å²) in [5.74, 6) is -5.65. The van der Waals surface area contributed by atoms with Crippen molar-refractivity contribution in [2.75, 3.05) is 0 Å². The fourth-order valence-corrected chi connectivity index (χ4v) is 0.691. The standard InChI is InChI=1S/C6H8O7.Fe.Mg.O/c7-3(8)1-6(13,5(11)12)2-4(9)10;;;/h13H,1-2H2,(H,7,8)(H,9,10)(H,11,12);;;/q;2*+2;-2/p-2. The van der Waals surface area contributed by atoms with Crippen LogP contribution in [-0.4, -0.2) is 56.8 Å². The maximum absolute atomic E-state index is 10.3. The SMILES string of the molecule is O=C([O-])CC(O)(CC(=O)[O-])C(=O)O.[Fe+2].[Mg+2].[O-2]. The number of carbonyl (C=O) groups excluding carboxylic acids is 2. The van der Waals surface area contributed by atoms with E-state index in [1.165, 1.54) is 0 Å². The second kappa shape index (κ2) is 9.81.